The zero-order valence-corrected chi connectivity index (χ0v) is 20.5. The fraction of sp³-hybridized carbons (Fsp3) is 0.400. The number of para-hydroxylation sites is 2. The predicted molar refractivity (Wildman–Crippen MR) is 134 cm³/mol. The van der Waals surface area contributed by atoms with Gasteiger partial charge in [-0.15, -0.1) is 0 Å². The van der Waals surface area contributed by atoms with Crippen LogP contribution in [0.3, 0.4) is 0 Å². The van der Waals surface area contributed by atoms with Crippen molar-refractivity contribution < 1.29 is 23.1 Å². The molecule has 2 heterocycles. The Morgan fingerprint density at radius 1 is 1.08 bits per heavy atom. The van der Waals surface area contributed by atoms with Gasteiger partial charge in [-0.25, -0.2) is 14.8 Å². The second-order valence-corrected chi connectivity index (χ2v) is 9.36. The molecule has 0 amide bonds. The zero-order valence-electron chi connectivity index (χ0n) is 19.7. The number of rotatable bonds is 5. The van der Waals surface area contributed by atoms with Gasteiger partial charge in [-0.05, 0) is 49.1 Å². The lowest BCUT2D eigenvalue weighted by molar-refractivity contribution is -0.192. The van der Waals surface area contributed by atoms with E-state index in [1.807, 2.05) is 30.3 Å². The van der Waals surface area contributed by atoms with Crippen LogP contribution in [0.15, 0.2) is 42.5 Å². The number of nitrogens with one attached hydrogen (secondary N) is 1. The number of nitrogens with zero attached hydrogens (tertiary/aromatic N) is 4. The lowest BCUT2D eigenvalue weighted by Crippen LogP contribution is -2.46. The average molecular weight is 522 g/mol. The minimum atomic E-state index is -5.08. The van der Waals surface area contributed by atoms with Crippen molar-refractivity contribution >= 4 is 40.2 Å². The van der Waals surface area contributed by atoms with Crippen LogP contribution in [0, 0.1) is 6.92 Å². The first-order valence-electron chi connectivity index (χ1n) is 11.7. The molecule has 2 aliphatic rings. The second-order valence-electron chi connectivity index (χ2n) is 8.95. The number of halogens is 4. The summed E-state index contributed by atoms with van der Waals surface area (Å²) in [7, 11) is 0. The number of hydrogen-bond acceptors (Lipinski definition) is 6. The molecule has 1 saturated carbocycles. The second kappa shape index (κ2) is 10.9. The number of anilines is 2. The number of carboxylic acid groups (broad SMARTS) is 1. The molecule has 0 atom stereocenters. The molecule has 0 spiro atoms. The van der Waals surface area contributed by atoms with Crippen LogP contribution in [0.4, 0.5) is 24.8 Å². The first-order chi connectivity index (χ1) is 17.1. The molecule has 1 saturated heterocycles. The van der Waals surface area contributed by atoms with E-state index in [1.54, 1.807) is 0 Å². The zero-order chi connectivity index (χ0) is 25.9. The summed E-state index contributed by atoms with van der Waals surface area (Å²) >= 11 is 6.17. The number of aryl methyl sites for hydroxylation is 1. The third kappa shape index (κ3) is 6.76. The highest BCUT2D eigenvalue weighted by Gasteiger charge is 2.38. The van der Waals surface area contributed by atoms with Gasteiger partial charge in [0.2, 0.25) is 0 Å². The Morgan fingerprint density at radius 2 is 1.69 bits per heavy atom. The molecule has 2 fully saturated rings. The summed E-state index contributed by atoms with van der Waals surface area (Å²) in [5.74, 6) is -0.821. The Hall–Kier alpha value is -3.11. The van der Waals surface area contributed by atoms with E-state index >= 15 is 0 Å². The standard InChI is InChI=1S/C23H26ClN5.C2HF3O2/c1-16-14-17(6-9-19(16)24)15-28-10-12-29(13-11-28)23-22(25-18-7-8-18)26-20-4-2-3-5-21(20)27-23;3-2(4,5)1(6)7/h2-6,9,14,18H,7-8,10-13,15H2,1H3,(H,25,26);(H,6,7). The van der Waals surface area contributed by atoms with Gasteiger partial charge in [0, 0.05) is 43.8 Å². The van der Waals surface area contributed by atoms with Gasteiger partial charge in [0.05, 0.1) is 11.0 Å². The maximum atomic E-state index is 10.6. The van der Waals surface area contributed by atoms with Crippen LogP contribution in [-0.4, -0.2) is 64.3 Å². The maximum absolute atomic E-state index is 10.6. The molecule has 0 radical (unpaired) electrons. The Bertz CT molecular complexity index is 1230. The van der Waals surface area contributed by atoms with Gasteiger partial charge in [-0.3, -0.25) is 4.90 Å². The van der Waals surface area contributed by atoms with Crippen molar-refractivity contribution in [2.45, 2.75) is 38.5 Å². The average Bonchev–Trinajstić information content (AvgIpc) is 3.65. The van der Waals surface area contributed by atoms with Gasteiger partial charge >= 0.3 is 12.1 Å². The van der Waals surface area contributed by atoms with E-state index in [4.69, 9.17) is 31.5 Å². The SMILES string of the molecule is Cc1cc(CN2CCN(c3nc4ccccc4nc3NC3CC3)CC2)ccc1Cl.O=C(O)C(F)(F)F. The minimum absolute atomic E-state index is 0.554. The number of alkyl halides is 3. The molecule has 0 unspecified atom stereocenters. The summed E-state index contributed by atoms with van der Waals surface area (Å²) in [6.45, 7) is 6.97. The van der Waals surface area contributed by atoms with Gasteiger partial charge in [0.15, 0.2) is 11.6 Å². The Kier molecular flexibility index (Phi) is 7.85. The summed E-state index contributed by atoms with van der Waals surface area (Å²) in [6.07, 6.45) is -2.63. The molecule has 3 aromatic rings. The predicted octanol–water partition coefficient (Wildman–Crippen LogP) is 5.12. The highest BCUT2D eigenvalue weighted by molar-refractivity contribution is 6.31. The fourth-order valence-corrected chi connectivity index (χ4v) is 4.03. The van der Waals surface area contributed by atoms with Crippen molar-refractivity contribution in [2.24, 2.45) is 0 Å². The van der Waals surface area contributed by atoms with Crippen LogP contribution in [0.2, 0.25) is 5.02 Å². The Morgan fingerprint density at radius 3 is 2.25 bits per heavy atom. The van der Waals surface area contributed by atoms with Gasteiger partial charge in [-0.1, -0.05) is 35.9 Å². The maximum Gasteiger partial charge on any atom is 0.490 e. The molecule has 1 aliphatic carbocycles. The highest BCUT2D eigenvalue weighted by Crippen LogP contribution is 2.31. The third-order valence-corrected chi connectivity index (χ3v) is 6.44. The number of fused-ring (bicyclic) bond motifs is 1. The van der Waals surface area contributed by atoms with E-state index in [-0.39, 0.29) is 0 Å². The topological polar surface area (TPSA) is 81.6 Å². The Labute approximate surface area is 211 Å². The van der Waals surface area contributed by atoms with E-state index < -0.39 is 12.1 Å². The number of aliphatic carboxylic acids is 1. The van der Waals surface area contributed by atoms with Crippen LogP contribution in [0.1, 0.15) is 24.0 Å². The lowest BCUT2D eigenvalue weighted by Gasteiger charge is -2.36. The third-order valence-electron chi connectivity index (χ3n) is 6.01. The largest absolute Gasteiger partial charge is 0.490 e. The number of piperazine rings is 1. The number of hydrogen-bond donors (Lipinski definition) is 2. The first kappa shape index (κ1) is 26.0. The van der Waals surface area contributed by atoms with Gasteiger partial charge in [-0.2, -0.15) is 13.2 Å². The van der Waals surface area contributed by atoms with E-state index in [1.165, 1.54) is 18.4 Å². The van der Waals surface area contributed by atoms with Gasteiger partial charge < -0.3 is 15.3 Å². The van der Waals surface area contributed by atoms with Crippen molar-refractivity contribution in [2.75, 3.05) is 36.4 Å². The van der Waals surface area contributed by atoms with Crippen LogP contribution in [-0.2, 0) is 11.3 Å². The van der Waals surface area contributed by atoms with Crippen LogP contribution in [0.5, 0.6) is 0 Å². The monoisotopic (exact) mass is 521 g/mol. The van der Waals surface area contributed by atoms with E-state index in [2.05, 4.69) is 34.2 Å². The van der Waals surface area contributed by atoms with Crippen LogP contribution < -0.4 is 10.2 Å². The molecule has 5 rings (SSSR count). The van der Waals surface area contributed by atoms with E-state index in [9.17, 15) is 13.2 Å². The van der Waals surface area contributed by atoms with Crippen molar-refractivity contribution in [3.8, 4) is 0 Å². The molecule has 0 bridgehead atoms. The lowest BCUT2D eigenvalue weighted by atomic mass is 10.1. The van der Waals surface area contributed by atoms with Crippen LogP contribution >= 0.6 is 11.6 Å². The highest BCUT2D eigenvalue weighted by atomic mass is 35.5. The minimum Gasteiger partial charge on any atom is -0.475 e. The summed E-state index contributed by atoms with van der Waals surface area (Å²) in [4.78, 5) is 23.7. The van der Waals surface area contributed by atoms with Crippen molar-refractivity contribution in [3.63, 3.8) is 0 Å². The molecule has 1 aromatic heterocycles. The smallest absolute Gasteiger partial charge is 0.475 e. The quantitative estimate of drug-likeness (QED) is 0.482. The molecule has 192 valence electrons. The summed E-state index contributed by atoms with van der Waals surface area (Å²) in [5.41, 5.74) is 4.38. The van der Waals surface area contributed by atoms with Crippen molar-refractivity contribution in [3.05, 3.63) is 58.6 Å². The molecular weight excluding hydrogens is 495 g/mol. The molecule has 11 heteroatoms. The molecule has 36 heavy (non-hydrogen) atoms. The number of carbonyl (C=O) groups is 1. The normalized spacial score (nSPS) is 16.4. The van der Waals surface area contributed by atoms with E-state index in [0.29, 0.717) is 6.04 Å². The molecule has 2 aromatic carbocycles. The number of benzene rings is 2. The van der Waals surface area contributed by atoms with Gasteiger partial charge in [0.1, 0.15) is 0 Å². The Balaban J connectivity index is 0.000000384. The number of aromatic nitrogens is 2. The van der Waals surface area contributed by atoms with Gasteiger partial charge in [0.25, 0.3) is 0 Å². The summed E-state index contributed by atoms with van der Waals surface area (Å²) in [6, 6.07) is 15.0. The first-order valence-corrected chi connectivity index (χ1v) is 12.0. The summed E-state index contributed by atoms with van der Waals surface area (Å²) < 4.78 is 31.7. The van der Waals surface area contributed by atoms with E-state index in [0.717, 1.165) is 66.0 Å². The molecular formula is C25H27ClF3N5O2. The summed E-state index contributed by atoms with van der Waals surface area (Å²) in [5, 5.41) is 11.6. The molecule has 1 aliphatic heterocycles. The number of carboxylic acids is 1. The fourth-order valence-electron chi connectivity index (χ4n) is 3.91. The van der Waals surface area contributed by atoms with Crippen molar-refractivity contribution in [1.82, 2.24) is 14.9 Å². The van der Waals surface area contributed by atoms with Crippen molar-refractivity contribution in [1.29, 1.82) is 0 Å². The molecule has 2 N–H and O–H groups in total. The molecule has 7 nitrogen and oxygen atoms in total. The van der Waals surface area contributed by atoms with Crippen LogP contribution in [0.25, 0.3) is 11.0 Å².